The molecule has 1 aliphatic carbocycles. The number of morpholine rings is 1. The van der Waals surface area contributed by atoms with E-state index >= 15 is 0 Å². The first-order valence-electron chi connectivity index (χ1n) is 6.72. The van der Waals surface area contributed by atoms with Crippen LogP contribution in [0.1, 0.15) is 37.5 Å². The summed E-state index contributed by atoms with van der Waals surface area (Å²) < 4.78 is 7.69. The van der Waals surface area contributed by atoms with Crippen molar-refractivity contribution in [3.8, 4) is 0 Å². The van der Waals surface area contributed by atoms with Crippen LogP contribution in [-0.4, -0.2) is 51.9 Å². The molecule has 1 N–H and O–H groups in total. The summed E-state index contributed by atoms with van der Waals surface area (Å²) >= 11 is 5.27. The largest absolute Gasteiger partial charge is 0.378 e. The molecule has 1 aromatic heterocycles. The van der Waals surface area contributed by atoms with Gasteiger partial charge in [0.15, 0.2) is 4.77 Å². The lowest BCUT2D eigenvalue weighted by molar-refractivity contribution is -0.138. The lowest BCUT2D eigenvalue weighted by Gasteiger charge is -2.29. The molecule has 1 aliphatic heterocycles. The smallest absolute Gasteiger partial charge is 0.245 e. The summed E-state index contributed by atoms with van der Waals surface area (Å²) in [5.41, 5.74) is 0. The molecule has 19 heavy (non-hydrogen) atoms. The SMILES string of the molecule is CC(C(=O)N1CCOCC1)n1c(C2CC2)n[nH]c1=S. The third kappa shape index (κ3) is 2.44. The Balaban J connectivity index is 1.82. The Labute approximate surface area is 116 Å². The Bertz CT molecular complexity index is 528. The molecule has 0 spiro atoms. The fourth-order valence-electron chi connectivity index (χ4n) is 2.48. The number of hydrogen-bond acceptors (Lipinski definition) is 4. The molecule has 1 unspecified atom stereocenters. The van der Waals surface area contributed by atoms with Crippen molar-refractivity contribution >= 4 is 18.1 Å². The summed E-state index contributed by atoms with van der Waals surface area (Å²) in [6, 6.07) is -0.292. The number of H-pyrrole nitrogens is 1. The van der Waals surface area contributed by atoms with Crippen LogP contribution in [-0.2, 0) is 9.53 Å². The van der Waals surface area contributed by atoms with E-state index in [1.807, 2.05) is 16.4 Å². The minimum absolute atomic E-state index is 0.0997. The minimum Gasteiger partial charge on any atom is -0.378 e. The maximum Gasteiger partial charge on any atom is 0.245 e. The molecule has 7 heteroatoms. The van der Waals surface area contributed by atoms with Crippen LogP contribution >= 0.6 is 12.2 Å². The molecule has 1 aromatic rings. The Kier molecular flexibility index (Phi) is 3.40. The van der Waals surface area contributed by atoms with Crippen molar-refractivity contribution in [1.29, 1.82) is 0 Å². The number of nitrogens with zero attached hydrogens (tertiary/aromatic N) is 3. The van der Waals surface area contributed by atoms with E-state index in [4.69, 9.17) is 17.0 Å². The van der Waals surface area contributed by atoms with Crippen LogP contribution in [0.25, 0.3) is 0 Å². The molecule has 2 aliphatic rings. The van der Waals surface area contributed by atoms with E-state index in [0.29, 0.717) is 37.0 Å². The van der Waals surface area contributed by atoms with Crippen molar-refractivity contribution in [2.24, 2.45) is 0 Å². The van der Waals surface area contributed by atoms with Crippen molar-refractivity contribution in [3.05, 3.63) is 10.6 Å². The van der Waals surface area contributed by atoms with Gasteiger partial charge in [-0.1, -0.05) is 0 Å². The highest BCUT2D eigenvalue weighted by atomic mass is 32.1. The Morgan fingerprint density at radius 3 is 2.79 bits per heavy atom. The van der Waals surface area contributed by atoms with Gasteiger partial charge in [-0.3, -0.25) is 14.5 Å². The van der Waals surface area contributed by atoms with Crippen LogP contribution in [0.15, 0.2) is 0 Å². The van der Waals surface area contributed by atoms with E-state index in [2.05, 4.69) is 10.2 Å². The molecular formula is C12H18N4O2S. The number of aromatic amines is 1. The van der Waals surface area contributed by atoms with Crippen molar-refractivity contribution in [2.45, 2.75) is 31.7 Å². The highest BCUT2D eigenvalue weighted by molar-refractivity contribution is 7.71. The Morgan fingerprint density at radius 1 is 1.47 bits per heavy atom. The summed E-state index contributed by atoms with van der Waals surface area (Å²) in [7, 11) is 0. The van der Waals surface area contributed by atoms with E-state index < -0.39 is 0 Å². The summed E-state index contributed by atoms with van der Waals surface area (Å²) in [5, 5.41) is 7.09. The number of ether oxygens (including phenoxy) is 1. The van der Waals surface area contributed by atoms with Crippen molar-refractivity contribution in [1.82, 2.24) is 19.7 Å². The van der Waals surface area contributed by atoms with Gasteiger partial charge in [-0.15, -0.1) is 0 Å². The zero-order chi connectivity index (χ0) is 13.4. The van der Waals surface area contributed by atoms with Gasteiger partial charge >= 0.3 is 0 Å². The minimum atomic E-state index is -0.292. The first-order valence-corrected chi connectivity index (χ1v) is 7.12. The average Bonchev–Trinajstić information content (AvgIpc) is 3.21. The van der Waals surface area contributed by atoms with Crippen LogP contribution in [0.3, 0.4) is 0 Å². The van der Waals surface area contributed by atoms with Crippen LogP contribution in [0.2, 0.25) is 0 Å². The number of hydrogen-bond donors (Lipinski definition) is 1. The molecule has 0 bridgehead atoms. The zero-order valence-corrected chi connectivity index (χ0v) is 11.8. The van der Waals surface area contributed by atoms with E-state index in [0.717, 1.165) is 18.7 Å². The Hall–Kier alpha value is -1.21. The predicted molar refractivity (Wildman–Crippen MR) is 71.5 cm³/mol. The molecule has 1 atom stereocenters. The van der Waals surface area contributed by atoms with Crippen LogP contribution < -0.4 is 0 Å². The lowest BCUT2D eigenvalue weighted by Crippen LogP contribution is -2.43. The second kappa shape index (κ2) is 5.05. The maximum atomic E-state index is 12.5. The molecule has 3 rings (SSSR count). The molecule has 1 saturated heterocycles. The number of nitrogens with one attached hydrogen (secondary N) is 1. The number of rotatable bonds is 3. The fraction of sp³-hybridized carbons (Fsp3) is 0.750. The Morgan fingerprint density at radius 2 is 2.16 bits per heavy atom. The van der Waals surface area contributed by atoms with E-state index in [1.54, 1.807) is 0 Å². The van der Waals surface area contributed by atoms with Gasteiger partial charge in [0.2, 0.25) is 5.91 Å². The van der Waals surface area contributed by atoms with E-state index in [1.165, 1.54) is 0 Å². The molecule has 1 amide bonds. The van der Waals surface area contributed by atoms with Gasteiger partial charge < -0.3 is 9.64 Å². The van der Waals surface area contributed by atoms with Crippen molar-refractivity contribution in [2.75, 3.05) is 26.3 Å². The summed E-state index contributed by atoms with van der Waals surface area (Å²) in [6.45, 7) is 4.45. The number of carbonyl (C=O) groups is 1. The monoisotopic (exact) mass is 282 g/mol. The lowest BCUT2D eigenvalue weighted by atomic mass is 10.2. The fourth-order valence-corrected chi connectivity index (χ4v) is 2.78. The molecule has 104 valence electrons. The van der Waals surface area contributed by atoms with Gasteiger partial charge in [-0.25, -0.2) is 0 Å². The van der Waals surface area contributed by atoms with Gasteiger partial charge in [0.1, 0.15) is 11.9 Å². The van der Waals surface area contributed by atoms with Crippen LogP contribution in [0, 0.1) is 4.77 Å². The van der Waals surface area contributed by atoms with Gasteiger partial charge in [-0.05, 0) is 32.0 Å². The zero-order valence-electron chi connectivity index (χ0n) is 11.0. The quantitative estimate of drug-likeness (QED) is 0.847. The van der Waals surface area contributed by atoms with Crippen LogP contribution in [0.5, 0.6) is 0 Å². The average molecular weight is 282 g/mol. The number of aromatic nitrogens is 3. The standard InChI is InChI=1S/C12H18N4O2S/c1-8(11(17)15-4-6-18-7-5-15)16-10(9-2-3-9)13-14-12(16)19/h8-9H,2-7H2,1H3,(H,14,19). The molecule has 0 radical (unpaired) electrons. The first-order chi connectivity index (χ1) is 9.18. The molecular weight excluding hydrogens is 264 g/mol. The number of carbonyl (C=O) groups excluding carboxylic acids is 1. The van der Waals surface area contributed by atoms with Gasteiger partial charge in [0, 0.05) is 19.0 Å². The first kappa shape index (κ1) is 12.8. The van der Waals surface area contributed by atoms with Gasteiger partial charge in [0.25, 0.3) is 0 Å². The van der Waals surface area contributed by atoms with E-state index in [-0.39, 0.29) is 11.9 Å². The number of amides is 1. The second-order valence-electron chi connectivity index (χ2n) is 5.14. The van der Waals surface area contributed by atoms with Crippen molar-refractivity contribution < 1.29 is 9.53 Å². The van der Waals surface area contributed by atoms with E-state index in [9.17, 15) is 4.79 Å². The molecule has 0 aromatic carbocycles. The molecule has 1 saturated carbocycles. The summed E-state index contributed by atoms with van der Waals surface area (Å²) in [5.74, 6) is 1.50. The highest BCUT2D eigenvalue weighted by Crippen LogP contribution is 2.39. The normalized spacial score (nSPS) is 21.4. The van der Waals surface area contributed by atoms with Crippen LogP contribution in [0.4, 0.5) is 0 Å². The third-order valence-electron chi connectivity index (χ3n) is 3.74. The van der Waals surface area contributed by atoms with Gasteiger partial charge in [0.05, 0.1) is 13.2 Å². The molecule has 6 nitrogen and oxygen atoms in total. The molecule has 2 fully saturated rings. The third-order valence-corrected chi connectivity index (χ3v) is 4.03. The second-order valence-corrected chi connectivity index (χ2v) is 5.53. The van der Waals surface area contributed by atoms with Gasteiger partial charge in [-0.2, -0.15) is 5.10 Å². The topological polar surface area (TPSA) is 63.1 Å². The highest BCUT2D eigenvalue weighted by Gasteiger charge is 2.33. The summed E-state index contributed by atoms with van der Waals surface area (Å²) in [4.78, 5) is 14.4. The predicted octanol–water partition coefficient (Wildman–Crippen LogP) is 1.24. The van der Waals surface area contributed by atoms with Crippen molar-refractivity contribution in [3.63, 3.8) is 0 Å². The summed E-state index contributed by atoms with van der Waals surface area (Å²) in [6.07, 6.45) is 2.27. The molecule has 2 heterocycles. The maximum absolute atomic E-state index is 12.5.